The van der Waals surface area contributed by atoms with Gasteiger partial charge in [0.1, 0.15) is 52.6 Å². The van der Waals surface area contributed by atoms with E-state index in [-0.39, 0.29) is 33.8 Å². The number of carbonyl (C=O) groups excluding carboxylic acids is 3. The number of phenolic OH excluding ortho intramolecular Hbond substituents is 12. The Balaban J connectivity index is 1.19. The van der Waals surface area contributed by atoms with Gasteiger partial charge in [0.25, 0.3) is 0 Å². The maximum absolute atomic E-state index is 14.3. The first-order chi connectivity index (χ1) is 30.3. The van der Waals surface area contributed by atoms with Crippen molar-refractivity contribution in [3.8, 4) is 86.2 Å². The number of allylic oxidation sites excluding steroid dienone is 1. The monoisotopic (exact) mass is 884 g/mol. The van der Waals surface area contributed by atoms with E-state index in [1.807, 2.05) is 0 Å². The number of aliphatic hydroxyl groups is 1. The van der Waals surface area contributed by atoms with Crippen LogP contribution in [-0.4, -0.2) is 108 Å². The highest BCUT2D eigenvalue weighted by Gasteiger charge is 2.67. The van der Waals surface area contributed by atoms with Crippen LogP contribution >= 0.6 is 0 Å². The van der Waals surface area contributed by atoms with Crippen molar-refractivity contribution in [3.05, 3.63) is 99.8 Å². The Bertz CT molecular complexity index is 2870. The normalized spacial score (nSPS) is 22.7. The van der Waals surface area contributed by atoms with Crippen molar-refractivity contribution in [3.63, 3.8) is 0 Å². The molecule has 0 bridgehead atoms. The van der Waals surface area contributed by atoms with Gasteiger partial charge in [0, 0.05) is 65.4 Å². The molecule has 0 amide bonds. The summed E-state index contributed by atoms with van der Waals surface area (Å²) in [4.78, 5) is 41.7. The SMILES string of the molecule is O=C(O[C@@H]1Cc2c(O)cc(O)cc2O[C@@H]1c1cc(O)c(O)c2c1[C@H]1C(=O)C(O)=C[C@@]1([C@H]1Oc3cc(O)cc(O)c3C[C@H]1OC(=O)c1cc(O)c(O)c(O)c1)O2)c1cc(O)c(O)c(O)c1. The summed E-state index contributed by atoms with van der Waals surface area (Å²) in [6.45, 7) is 0. The molecule has 0 radical (unpaired) electrons. The van der Waals surface area contributed by atoms with E-state index in [2.05, 4.69) is 0 Å². The smallest absolute Gasteiger partial charge is 0.338 e. The second-order valence-electron chi connectivity index (χ2n) is 15.3. The first kappa shape index (κ1) is 40.6. The molecular weight excluding hydrogens is 852 g/mol. The van der Waals surface area contributed by atoms with Crippen LogP contribution in [-0.2, 0) is 27.1 Å². The number of fused-ring (bicyclic) bond motifs is 5. The highest BCUT2D eigenvalue weighted by atomic mass is 16.6. The molecular formula is C43H32O21. The Morgan fingerprint density at radius 1 is 0.562 bits per heavy atom. The lowest BCUT2D eigenvalue weighted by Gasteiger charge is -2.42. The standard InChI is InChI=1S/C43H32O21/c44-15-5-20(46)17-10-30(62-41(58)13-1-22(48)34(54)23(49)2-13)38(60-28(17)7-15)19-9-26(52)37(57)39-32(19)33-36(56)27(53)12-43(33,64-39)40-31(11-18-21(47)6-16(45)8-29(18)61-40)63-42(59)14-3-24(50)35(55)25(51)4-14/h1-9,12,30-31,33,38,40,44-55,57H,10-11H2/t30-,31-,33+,38-,40+,43-/m1/s1. The van der Waals surface area contributed by atoms with Crippen molar-refractivity contribution < 1.29 is 104 Å². The van der Waals surface area contributed by atoms with E-state index in [4.69, 9.17) is 23.7 Å². The molecule has 0 saturated heterocycles. The first-order valence-corrected chi connectivity index (χ1v) is 18.8. The van der Waals surface area contributed by atoms with Gasteiger partial charge in [0.05, 0.1) is 11.1 Å². The fourth-order valence-electron chi connectivity index (χ4n) is 8.56. The summed E-state index contributed by atoms with van der Waals surface area (Å²) in [5, 5.41) is 136. The number of aliphatic hydroxyl groups excluding tert-OH is 1. The minimum Gasteiger partial charge on any atom is -0.508 e. The van der Waals surface area contributed by atoms with Crippen LogP contribution in [0.3, 0.4) is 0 Å². The minimum atomic E-state index is -2.39. The van der Waals surface area contributed by atoms with Crippen molar-refractivity contribution in [2.45, 2.75) is 48.8 Å². The second-order valence-corrected chi connectivity index (χ2v) is 15.3. The number of hydrogen-bond acceptors (Lipinski definition) is 21. The van der Waals surface area contributed by atoms with E-state index in [1.165, 1.54) is 0 Å². The summed E-state index contributed by atoms with van der Waals surface area (Å²) < 4.78 is 30.5. The van der Waals surface area contributed by atoms with Crippen LogP contribution < -0.4 is 14.2 Å². The van der Waals surface area contributed by atoms with Crippen LogP contribution in [0.25, 0.3) is 0 Å². The highest BCUT2D eigenvalue weighted by molar-refractivity contribution is 6.05. The molecule has 0 spiro atoms. The third-order valence-corrected chi connectivity index (χ3v) is 11.4. The largest absolute Gasteiger partial charge is 0.508 e. The topological polar surface area (TPSA) is 360 Å². The zero-order valence-corrected chi connectivity index (χ0v) is 32.2. The molecule has 1 aliphatic carbocycles. The maximum atomic E-state index is 14.3. The molecule has 0 fully saturated rings. The predicted molar refractivity (Wildman–Crippen MR) is 208 cm³/mol. The Morgan fingerprint density at radius 3 is 1.56 bits per heavy atom. The van der Waals surface area contributed by atoms with Gasteiger partial charge in [-0.3, -0.25) is 4.79 Å². The minimum absolute atomic E-state index is 0.00885. The van der Waals surface area contributed by atoms with Gasteiger partial charge in [-0.1, -0.05) is 0 Å². The number of benzene rings is 5. The number of rotatable bonds is 6. The number of Topliss-reactive ketones (excluding diaryl/α,β-unsaturated/α-hetero) is 1. The molecule has 3 aliphatic heterocycles. The van der Waals surface area contributed by atoms with Crippen LogP contribution in [0.15, 0.2) is 66.4 Å². The number of ketones is 1. The molecule has 21 nitrogen and oxygen atoms in total. The molecule has 9 rings (SSSR count). The summed E-state index contributed by atoms with van der Waals surface area (Å²) in [6.07, 6.45) is -6.77. The molecule has 64 heavy (non-hydrogen) atoms. The third-order valence-electron chi connectivity index (χ3n) is 11.4. The summed E-state index contributed by atoms with van der Waals surface area (Å²) in [6, 6.07) is 8.08. The summed E-state index contributed by atoms with van der Waals surface area (Å²) in [5.74, 6) is -16.9. The van der Waals surface area contributed by atoms with E-state index in [9.17, 15) is 80.8 Å². The molecule has 5 aromatic carbocycles. The molecule has 0 unspecified atom stereocenters. The van der Waals surface area contributed by atoms with E-state index >= 15 is 0 Å². The van der Waals surface area contributed by atoms with E-state index in [1.54, 1.807) is 0 Å². The van der Waals surface area contributed by atoms with Crippen LogP contribution in [0.2, 0.25) is 0 Å². The quantitative estimate of drug-likeness (QED) is 0.0856. The molecule has 13 N–H and O–H groups in total. The van der Waals surface area contributed by atoms with Crippen LogP contribution in [0.1, 0.15) is 55.0 Å². The van der Waals surface area contributed by atoms with Gasteiger partial charge in [0.15, 0.2) is 69.6 Å². The van der Waals surface area contributed by atoms with Gasteiger partial charge < -0.3 is 90.1 Å². The molecule has 6 atom stereocenters. The Morgan fingerprint density at radius 2 is 1.03 bits per heavy atom. The van der Waals surface area contributed by atoms with Crippen LogP contribution in [0.4, 0.5) is 0 Å². The lowest BCUT2D eigenvalue weighted by Crippen LogP contribution is -2.58. The van der Waals surface area contributed by atoms with Crippen molar-refractivity contribution in [2.75, 3.05) is 0 Å². The third kappa shape index (κ3) is 6.19. The van der Waals surface area contributed by atoms with E-state index in [0.29, 0.717) is 0 Å². The average molecular weight is 885 g/mol. The molecule has 3 heterocycles. The number of phenols is 12. The number of hydrogen-bond donors (Lipinski definition) is 13. The van der Waals surface area contributed by atoms with Gasteiger partial charge in [-0.15, -0.1) is 0 Å². The van der Waals surface area contributed by atoms with Crippen LogP contribution in [0, 0.1) is 0 Å². The summed E-state index contributed by atoms with van der Waals surface area (Å²) >= 11 is 0. The lowest BCUT2D eigenvalue weighted by molar-refractivity contribution is -0.125. The fourth-order valence-corrected chi connectivity index (χ4v) is 8.56. The van der Waals surface area contributed by atoms with Crippen molar-refractivity contribution in [1.29, 1.82) is 0 Å². The zero-order chi connectivity index (χ0) is 45.8. The van der Waals surface area contributed by atoms with Crippen molar-refractivity contribution in [1.82, 2.24) is 0 Å². The molecule has 0 saturated carbocycles. The van der Waals surface area contributed by atoms with E-state index in [0.717, 1.165) is 60.7 Å². The number of ether oxygens (including phenoxy) is 5. The zero-order valence-electron chi connectivity index (χ0n) is 32.2. The van der Waals surface area contributed by atoms with Crippen molar-refractivity contribution >= 4 is 17.7 Å². The molecule has 4 aliphatic rings. The van der Waals surface area contributed by atoms with E-state index < -0.39 is 158 Å². The fraction of sp³-hybridized carbons (Fsp3) is 0.186. The maximum Gasteiger partial charge on any atom is 0.338 e. The summed E-state index contributed by atoms with van der Waals surface area (Å²) in [5.41, 5.74) is -4.02. The number of aromatic hydroxyl groups is 12. The van der Waals surface area contributed by atoms with Crippen molar-refractivity contribution in [2.24, 2.45) is 0 Å². The van der Waals surface area contributed by atoms with Gasteiger partial charge in [-0.25, -0.2) is 9.59 Å². The average Bonchev–Trinajstić information content (AvgIpc) is 3.70. The Kier molecular flexibility index (Phi) is 8.99. The molecule has 5 aromatic rings. The van der Waals surface area contributed by atoms with Gasteiger partial charge >= 0.3 is 11.9 Å². The summed E-state index contributed by atoms with van der Waals surface area (Å²) in [7, 11) is 0. The van der Waals surface area contributed by atoms with Gasteiger partial charge in [-0.05, 0) is 30.3 Å². The second kappa shape index (κ2) is 14.2. The highest BCUT2D eigenvalue weighted by Crippen LogP contribution is 2.62. The number of esters is 2. The molecule has 330 valence electrons. The number of carbonyl (C=O) groups is 3. The van der Waals surface area contributed by atoms with Gasteiger partial charge in [0.2, 0.25) is 11.5 Å². The first-order valence-electron chi connectivity index (χ1n) is 18.8. The lowest BCUT2D eigenvalue weighted by atomic mass is 9.75. The van der Waals surface area contributed by atoms with Gasteiger partial charge in [-0.2, -0.15) is 0 Å². The predicted octanol–water partition coefficient (Wildman–Crippen LogP) is 3.52. The molecule has 0 aromatic heterocycles. The molecule has 21 heteroatoms. The Hall–Kier alpha value is -8.75. The van der Waals surface area contributed by atoms with Crippen LogP contribution in [0.5, 0.6) is 86.2 Å². The Labute approximate surface area is 356 Å².